The van der Waals surface area contributed by atoms with Gasteiger partial charge in [0.15, 0.2) is 0 Å². The monoisotopic (exact) mass is 393 g/mol. The van der Waals surface area contributed by atoms with E-state index in [0.717, 1.165) is 55.3 Å². The molecule has 0 atom stereocenters. The predicted octanol–water partition coefficient (Wildman–Crippen LogP) is 2.83. The Morgan fingerprint density at radius 2 is 2.10 bits per heavy atom. The van der Waals surface area contributed by atoms with Gasteiger partial charge in [0.1, 0.15) is 11.7 Å². The van der Waals surface area contributed by atoms with Crippen LogP contribution in [0.2, 0.25) is 0 Å². The van der Waals surface area contributed by atoms with Crippen LogP contribution < -0.4 is 10.6 Å². The number of hydrogen-bond donors (Lipinski definition) is 2. The molecule has 0 fully saturated rings. The van der Waals surface area contributed by atoms with Crippen molar-refractivity contribution in [2.45, 2.75) is 19.8 Å². The largest absolute Gasteiger partial charge is 0.351 e. The number of carbonyl (C=O) groups is 1. The standard InChI is InChI=1S/C23H31N5O/c1-4-6-13-28-15-11-24-21-10-14-27(3)22(26-21)20(5-2)18-8-7-9-19(17-18)23(29)25-12-16-28/h5,7-10,14,17H,2,4,6,11-13,15-16H2,1,3H3,(H,24,26)(H,25,29)/b22-20+. The Labute approximate surface area is 173 Å². The molecule has 0 saturated heterocycles. The molecule has 1 aromatic carbocycles. The highest BCUT2D eigenvalue weighted by molar-refractivity contribution is 5.98. The zero-order valence-corrected chi connectivity index (χ0v) is 17.4. The lowest BCUT2D eigenvalue weighted by Gasteiger charge is -2.27. The number of unbranched alkanes of at least 4 members (excludes halogenated alkanes) is 1. The molecule has 2 aliphatic rings. The van der Waals surface area contributed by atoms with Crippen molar-refractivity contribution in [1.82, 2.24) is 20.4 Å². The molecule has 3 rings (SSSR count). The third kappa shape index (κ3) is 5.35. The van der Waals surface area contributed by atoms with Gasteiger partial charge in [0, 0.05) is 44.0 Å². The Balaban J connectivity index is 1.98. The van der Waals surface area contributed by atoms with Crippen molar-refractivity contribution < 1.29 is 4.79 Å². The molecule has 0 aliphatic carbocycles. The van der Waals surface area contributed by atoms with E-state index < -0.39 is 0 Å². The van der Waals surface area contributed by atoms with Crippen LogP contribution in [0.15, 0.2) is 60.0 Å². The number of hydrogen-bond acceptors (Lipinski definition) is 5. The van der Waals surface area contributed by atoms with E-state index in [2.05, 4.69) is 29.0 Å². The minimum absolute atomic E-state index is 0.0487. The number of nitrogens with zero attached hydrogens (tertiary/aromatic N) is 3. The van der Waals surface area contributed by atoms with Gasteiger partial charge >= 0.3 is 0 Å². The summed E-state index contributed by atoms with van der Waals surface area (Å²) in [5, 5.41) is 6.49. The maximum absolute atomic E-state index is 12.7. The van der Waals surface area contributed by atoms with Crippen molar-refractivity contribution in [3.63, 3.8) is 0 Å². The number of amides is 1. The summed E-state index contributed by atoms with van der Waals surface area (Å²) in [6.07, 6.45) is 8.10. The summed E-state index contributed by atoms with van der Waals surface area (Å²) >= 11 is 0. The van der Waals surface area contributed by atoms with Crippen LogP contribution in [0.3, 0.4) is 0 Å². The van der Waals surface area contributed by atoms with E-state index in [9.17, 15) is 4.79 Å². The Morgan fingerprint density at radius 3 is 2.90 bits per heavy atom. The minimum atomic E-state index is -0.0487. The highest BCUT2D eigenvalue weighted by atomic mass is 16.1. The number of allylic oxidation sites excluding steroid dienone is 2. The molecule has 2 aliphatic heterocycles. The Hall–Kier alpha value is -2.86. The van der Waals surface area contributed by atoms with Gasteiger partial charge < -0.3 is 15.5 Å². The number of carbonyl (C=O) groups excluding carboxylic acids is 1. The average Bonchev–Trinajstić information content (AvgIpc) is 2.74. The molecule has 0 aromatic heterocycles. The summed E-state index contributed by atoms with van der Waals surface area (Å²) in [4.78, 5) is 21.8. The topological polar surface area (TPSA) is 60.0 Å². The van der Waals surface area contributed by atoms with E-state index in [1.807, 2.05) is 54.6 Å². The lowest BCUT2D eigenvalue weighted by Crippen LogP contribution is -2.37. The third-order valence-corrected chi connectivity index (χ3v) is 5.19. The fourth-order valence-corrected chi connectivity index (χ4v) is 3.50. The van der Waals surface area contributed by atoms with Crippen molar-refractivity contribution >= 4 is 17.3 Å². The molecule has 154 valence electrons. The quantitative estimate of drug-likeness (QED) is 0.826. The first-order valence-corrected chi connectivity index (χ1v) is 10.3. The van der Waals surface area contributed by atoms with Crippen LogP contribution in [-0.2, 0) is 0 Å². The number of nitrogens with one attached hydrogen (secondary N) is 2. The van der Waals surface area contributed by atoms with E-state index >= 15 is 0 Å². The SMILES string of the molecule is C=C/C1=C2/NC(=NCCN(CCCC)CCNC(=O)c3cccc1c3)C=CN2C. The van der Waals surface area contributed by atoms with Crippen LogP contribution >= 0.6 is 0 Å². The van der Waals surface area contributed by atoms with Gasteiger partial charge in [-0.25, -0.2) is 0 Å². The number of rotatable bonds is 4. The summed E-state index contributed by atoms with van der Waals surface area (Å²) < 4.78 is 0. The molecular weight excluding hydrogens is 362 g/mol. The number of aliphatic imine (C=N–C) groups is 1. The molecule has 4 bridgehead atoms. The summed E-state index contributed by atoms with van der Waals surface area (Å²) in [5.74, 6) is 1.69. The molecule has 6 nitrogen and oxygen atoms in total. The first kappa shape index (κ1) is 20.9. The van der Waals surface area contributed by atoms with Gasteiger partial charge in [-0.1, -0.05) is 38.1 Å². The van der Waals surface area contributed by atoms with E-state index in [1.54, 1.807) is 0 Å². The lowest BCUT2D eigenvalue weighted by molar-refractivity contribution is 0.0948. The van der Waals surface area contributed by atoms with Gasteiger partial charge in [-0.05, 0) is 36.7 Å². The molecule has 29 heavy (non-hydrogen) atoms. The Bertz CT molecular complexity index is 839. The molecule has 1 amide bonds. The van der Waals surface area contributed by atoms with Crippen LogP contribution in [0.1, 0.15) is 35.7 Å². The molecule has 0 unspecified atom stereocenters. The van der Waals surface area contributed by atoms with E-state index in [4.69, 9.17) is 4.99 Å². The maximum Gasteiger partial charge on any atom is 0.251 e. The highest BCUT2D eigenvalue weighted by Crippen LogP contribution is 2.23. The maximum atomic E-state index is 12.7. The zero-order valence-electron chi connectivity index (χ0n) is 17.4. The summed E-state index contributed by atoms with van der Waals surface area (Å²) in [6, 6.07) is 7.67. The Kier molecular flexibility index (Phi) is 7.25. The van der Waals surface area contributed by atoms with Crippen molar-refractivity contribution in [3.05, 3.63) is 66.1 Å². The minimum Gasteiger partial charge on any atom is -0.351 e. The van der Waals surface area contributed by atoms with E-state index in [0.29, 0.717) is 18.7 Å². The van der Waals surface area contributed by atoms with Crippen LogP contribution in [0, 0.1) is 0 Å². The summed E-state index contributed by atoms with van der Waals surface area (Å²) in [5.41, 5.74) is 2.52. The van der Waals surface area contributed by atoms with Gasteiger partial charge in [-0.15, -0.1) is 0 Å². The van der Waals surface area contributed by atoms with Crippen LogP contribution in [-0.4, -0.2) is 61.3 Å². The second kappa shape index (κ2) is 10.1. The zero-order chi connectivity index (χ0) is 20.6. The van der Waals surface area contributed by atoms with Crippen molar-refractivity contribution in [3.8, 4) is 0 Å². The first-order chi connectivity index (χ1) is 14.1. The molecule has 2 N–H and O–H groups in total. The first-order valence-electron chi connectivity index (χ1n) is 10.3. The number of amidine groups is 1. The molecule has 6 heteroatoms. The van der Waals surface area contributed by atoms with Gasteiger partial charge in [0.25, 0.3) is 5.91 Å². The molecule has 1 aromatic rings. The third-order valence-electron chi connectivity index (χ3n) is 5.19. The van der Waals surface area contributed by atoms with E-state index in [1.165, 1.54) is 0 Å². The number of benzene rings is 1. The lowest BCUT2D eigenvalue weighted by atomic mass is 10.0. The van der Waals surface area contributed by atoms with Crippen molar-refractivity contribution in [2.75, 3.05) is 39.8 Å². The highest BCUT2D eigenvalue weighted by Gasteiger charge is 2.17. The summed E-state index contributed by atoms with van der Waals surface area (Å²) in [7, 11) is 1.98. The Morgan fingerprint density at radius 1 is 1.28 bits per heavy atom. The molecule has 0 radical (unpaired) electrons. The van der Waals surface area contributed by atoms with E-state index in [-0.39, 0.29) is 5.91 Å². The second-order valence-electron chi connectivity index (χ2n) is 7.32. The van der Waals surface area contributed by atoms with Crippen LogP contribution in [0.5, 0.6) is 0 Å². The molecular formula is C23H31N5O. The molecule has 0 spiro atoms. The second-order valence-corrected chi connectivity index (χ2v) is 7.32. The van der Waals surface area contributed by atoms with Gasteiger partial charge in [0.05, 0.1) is 6.54 Å². The van der Waals surface area contributed by atoms with Crippen LogP contribution in [0.4, 0.5) is 0 Å². The fourth-order valence-electron chi connectivity index (χ4n) is 3.50. The normalized spacial score (nSPS) is 20.8. The van der Waals surface area contributed by atoms with Crippen LogP contribution in [0.25, 0.3) is 5.57 Å². The number of fused-ring (bicyclic) bond motifs is 4. The molecule has 0 saturated carbocycles. The molecule has 2 heterocycles. The average molecular weight is 394 g/mol. The van der Waals surface area contributed by atoms with Crippen molar-refractivity contribution in [2.24, 2.45) is 4.99 Å². The fraction of sp³-hybridized carbons (Fsp3) is 0.391. The van der Waals surface area contributed by atoms with Gasteiger partial charge in [0.2, 0.25) is 0 Å². The predicted molar refractivity (Wildman–Crippen MR) is 120 cm³/mol. The van der Waals surface area contributed by atoms with Gasteiger partial charge in [-0.3, -0.25) is 14.7 Å². The smallest absolute Gasteiger partial charge is 0.251 e. The van der Waals surface area contributed by atoms with Gasteiger partial charge in [-0.2, -0.15) is 0 Å². The summed E-state index contributed by atoms with van der Waals surface area (Å²) in [6.45, 7) is 10.2. The van der Waals surface area contributed by atoms with Crippen molar-refractivity contribution in [1.29, 1.82) is 0 Å².